The molecule has 1 amide bonds. The third kappa shape index (κ3) is 18.1. The molecular weight excluding hydrogens is 815 g/mol. The number of hydrogen-bond donors (Lipinski definition) is 0. The van der Waals surface area contributed by atoms with E-state index in [4.69, 9.17) is 42.6 Å². The summed E-state index contributed by atoms with van der Waals surface area (Å²) in [6, 6.07) is 35.0. The molecule has 0 radical (unpaired) electrons. The van der Waals surface area contributed by atoms with Crippen LogP contribution in [0.5, 0.6) is 23.0 Å². The van der Waals surface area contributed by atoms with Gasteiger partial charge in [-0.25, -0.2) is 4.79 Å². The van der Waals surface area contributed by atoms with Crippen LogP contribution in [0.25, 0.3) is 0 Å². The molecule has 342 valence electrons. The van der Waals surface area contributed by atoms with Crippen LogP contribution in [-0.4, -0.2) is 96.1 Å². The quantitative estimate of drug-likeness (QED) is 0.146. The Morgan fingerprint density at radius 2 is 0.797 bits per heavy atom. The van der Waals surface area contributed by atoms with Gasteiger partial charge in [0.2, 0.25) is 5.91 Å². The van der Waals surface area contributed by atoms with Crippen LogP contribution in [0.4, 0.5) is 0 Å². The summed E-state index contributed by atoms with van der Waals surface area (Å²) in [4.78, 5) is 26.4. The summed E-state index contributed by atoms with van der Waals surface area (Å²) in [5, 5.41) is 0. The summed E-state index contributed by atoms with van der Waals surface area (Å²) in [5.41, 5.74) is 8.13. The van der Waals surface area contributed by atoms with E-state index in [0.717, 1.165) is 27.8 Å². The van der Waals surface area contributed by atoms with Gasteiger partial charge in [-0.2, -0.15) is 0 Å². The second-order valence-electron chi connectivity index (χ2n) is 15.4. The maximum Gasteiger partial charge on any atom is 0.338 e. The van der Waals surface area contributed by atoms with E-state index in [9.17, 15) is 9.59 Å². The molecule has 1 aliphatic heterocycles. The lowest BCUT2D eigenvalue weighted by Crippen LogP contribution is -2.27. The summed E-state index contributed by atoms with van der Waals surface area (Å²) in [7, 11) is 0. The highest BCUT2D eigenvalue weighted by atomic mass is 16.6. The standard InChI is InChI=1S/C28H31NO3.C24H32O8/c1-19-10-20(2)13-26(12-19)17-29(23(5)30)16-24-6-8-25(9-7-24)18-32-28(31)27-14-21(3)11-22(4)15-27;1-2-6-22-21(5-1)29-17-13-25-9-10-27-15-19-31-23-7-3-4-8-24(23)32-20-16-28-12-11-26-14-18-30-22/h6-15H,16-18H2,1-5H3;1-8H,9-20H2. The van der Waals surface area contributed by atoms with Gasteiger partial charge in [0.05, 0.1) is 58.4 Å². The van der Waals surface area contributed by atoms with Crippen molar-refractivity contribution in [3.05, 3.63) is 154 Å². The molecule has 0 unspecified atom stereocenters. The molecule has 0 aliphatic carbocycles. The molecule has 5 aromatic rings. The van der Waals surface area contributed by atoms with Gasteiger partial charge in [-0.15, -0.1) is 0 Å². The van der Waals surface area contributed by atoms with Gasteiger partial charge >= 0.3 is 5.97 Å². The molecule has 12 nitrogen and oxygen atoms in total. The molecule has 5 aromatic carbocycles. The van der Waals surface area contributed by atoms with Gasteiger partial charge in [0.15, 0.2) is 23.0 Å². The van der Waals surface area contributed by atoms with E-state index in [1.165, 1.54) is 11.1 Å². The van der Waals surface area contributed by atoms with Crippen molar-refractivity contribution in [3.63, 3.8) is 0 Å². The number of amides is 1. The minimum Gasteiger partial charge on any atom is -0.487 e. The summed E-state index contributed by atoms with van der Waals surface area (Å²) in [6.07, 6.45) is 0. The lowest BCUT2D eigenvalue weighted by molar-refractivity contribution is -0.130. The Bertz CT molecular complexity index is 2010. The monoisotopic (exact) mass is 877 g/mol. The second-order valence-corrected chi connectivity index (χ2v) is 15.4. The van der Waals surface area contributed by atoms with Crippen molar-refractivity contribution in [1.82, 2.24) is 4.90 Å². The predicted molar refractivity (Wildman–Crippen MR) is 245 cm³/mol. The lowest BCUT2D eigenvalue weighted by Gasteiger charge is -2.22. The Morgan fingerprint density at radius 1 is 0.453 bits per heavy atom. The lowest BCUT2D eigenvalue weighted by atomic mass is 10.1. The van der Waals surface area contributed by atoms with Crippen LogP contribution in [0.15, 0.2) is 109 Å². The van der Waals surface area contributed by atoms with E-state index >= 15 is 0 Å². The van der Waals surface area contributed by atoms with Crippen molar-refractivity contribution < 1.29 is 52.2 Å². The number of carbonyl (C=O) groups excluding carboxylic acids is 2. The number of para-hydroxylation sites is 4. The first-order valence-corrected chi connectivity index (χ1v) is 21.8. The van der Waals surface area contributed by atoms with Crippen molar-refractivity contribution in [2.45, 2.75) is 54.3 Å². The fourth-order valence-corrected chi connectivity index (χ4v) is 6.81. The van der Waals surface area contributed by atoms with Gasteiger partial charge in [0.25, 0.3) is 0 Å². The van der Waals surface area contributed by atoms with Crippen LogP contribution >= 0.6 is 0 Å². The zero-order valence-corrected chi connectivity index (χ0v) is 37.9. The molecule has 6 rings (SSSR count). The molecule has 12 heteroatoms. The second kappa shape index (κ2) is 27.3. The molecule has 0 aromatic heterocycles. The first-order chi connectivity index (χ1) is 31.1. The first-order valence-electron chi connectivity index (χ1n) is 21.8. The van der Waals surface area contributed by atoms with Crippen LogP contribution in [0.3, 0.4) is 0 Å². The zero-order valence-electron chi connectivity index (χ0n) is 37.9. The third-order valence-corrected chi connectivity index (χ3v) is 9.71. The van der Waals surface area contributed by atoms with Crippen LogP contribution in [0.2, 0.25) is 0 Å². The topological polar surface area (TPSA) is 120 Å². The highest BCUT2D eigenvalue weighted by Gasteiger charge is 2.13. The fraction of sp³-hybridized carbons (Fsp3) is 0.385. The number of carbonyl (C=O) groups is 2. The van der Waals surface area contributed by atoms with E-state index in [1.54, 1.807) is 6.92 Å². The largest absolute Gasteiger partial charge is 0.487 e. The van der Waals surface area contributed by atoms with E-state index in [-0.39, 0.29) is 18.5 Å². The SMILES string of the molecule is CC(=O)N(Cc1ccc(COC(=O)c2cc(C)cc(C)c2)cc1)Cc1cc(C)cc(C)c1.c1ccc2c(c1)OCCOCCOCCOc1ccccc1OCCOCCOCCO2. The van der Waals surface area contributed by atoms with E-state index in [2.05, 4.69) is 32.0 Å². The summed E-state index contributed by atoms with van der Waals surface area (Å²) in [6.45, 7) is 16.5. The normalized spacial score (nSPS) is 14.5. The average Bonchev–Trinajstić information content (AvgIpc) is 3.27. The molecule has 0 fully saturated rings. The van der Waals surface area contributed by atoms with Gasteiger partial charge in [-0.05, 0) is 80.8 Å². The molecule has 0 spiro atoms. The summed E-state index contributed by atoms with van der Waals surface area (Å²) in [5.74, 6) is 2.45. The number of aryl methyl sites for hydroxylation is 4. The molecule has 1 heterocycles. The Hall–Kier alpha value is -5.92. The maximum absolute atomic E-state index is 12.4. The van der Waals surface area contributed by atoms with Gasteiger partial charge in [0, 0.05) is 20.0 Å². The van der Waals surface area contributed by atoms with Crippen molar-refractivity contribution in [2.75, 3.05) is 79.3 Å². The van der Waals surface area contributed by atoms with Crippen molar-refractivity contribution >= 4 is 11.9 Å². The van der Waals surface area contributed by atoms with Gasteiger partial charge in [-0.3, -0.25) is 4.79 Å². The van der Waals surface area contributed by atoms with Crippen LogP contribution in [-0.2, 0) is 48.2 Å². The molecule has 1 aliphatic rings. The fourth-order valence-electron chi connectivity index (χ4n) is 6.81. The minimum absolute atomic E-state index is 0.0376. The highest BCUT2D eigenvalue weighted by Crippen LogP contribution is 2.27. The molecular formula is C52H63NO11. The number of hydrogen-bond acceptors (Lipinski definition) is 11. The third-order valence-electron chi connectivity index (χ3n) is 9.71. The first kappa shape index (κ1) is 49.1. The molecule has 0 atom stereocenters. The van der Waals surface area contributed by atoms with Crippen LogP contribution in [0.1, 0.15) is 56.2 Å². The Balaban J connectivity index is 0.000000241. The van der Waals surface area contributed by atoms with E-state index in [1.807, 2.05) is 110 Å². The van der Waals surface area contributed by atoms with E-state index < -0.39 is 0 Å². The maximum atomic E-state index is 12.4. The molecule has 0 saturated carbocycles. The number of ether oxygens (including phenoxy) is 9. The summed E-state index contributed by atoms with van der Waals surface area (Å²) < 4.78 is 50.8. The highest BCUT2D eigenvalue weighted by molar-refractivity contribution is 5.89. The Morgan fingerprint density at radius 3 is 1.19 bits per heavy atom. The van der Waals surface area contributed by atoms with Crippen LogP contribution < -0.4 is 18.9 Å². The average molecular weight is 878 g/mol. The minimum atomic E-state index is -0.322. The number of nitrogens with zero attached hydrogens (tertiary/aromatic N) is 1. The zero-order chi connectivity index (χ0) is 45.4. The summed E-state index contributed by atoms with van der Waals surface area (Å²) >= 11 is 0. The molecule has 0 bridgehead atoms. The molecule has 0 N–H and O–H groups in total. The smallest absolute Gasteiger partial charge is 0.338 e. The van der Waals surface area contributed by atoms with Crippen LogP contribution in [0, 0.1) is 27.7 Å². The van der Waals surface area contributed by atoms with Gasteiger partial charge < -0.3 is 47.5 Å². The molecule has 64 heavy (non-hydrogen) atoms. The number of fused-ring (bicyclic) bond motifs is 2. The Kier molecular flexibility index (Phi) is 20.9. The number of benzene rings is 5. The van der Waals surface area contributed by atoms with Crippen molar-refractivity contribution in [1.29, 1.82) is 0 Å². The van der Waals surface area contributed by atoms with Gasteiger partial charge in [-0.1, -0.05) is 95.1 Å². The number of rotatable bonds is 7. The Labute approximate surface area is 378 Å². The molecule has 0 saturated heterocycles. The van der Waals surface area contributed by atoms with Crippen molar-refractivity contribution in [2.24, 2.45) is 0 Å². The predicted octanol–water partition coefficient (Wildman–Crippen LogP) is 8.81. The van der Waals surface area contributed by atoms with E-state index in [0.29, 0.717) is 121 Å². The number of esters is 1. The van der Waals surface area contributed by atoms with Crippen molar-refractivity contribution in [3.8, 4) is 23.0 Å². The van der Waals surface area contributed by atoms with Gasteiger partial charge in [0.1, 0.15) is 33.0 Å².